The van der Waals surface area contributed by atoms with Gasteiger partial charge in [-0.2, -0.15) is 9.61 Å². The minimum absolute atomic E-state index is 0.0282. The van der Waals surface area contributed by atoms with Crippen LogP contribution < -0.4 is 16.8 Å². The maximum Gasteiger partial charge on any atom is 0.333 e. The predicted molar refractivity (Wildman–Crippen MR) is 95.6 cm³/mol. The molecule has 0 aliphatic carbocycles. The van der Waals surface area contributed by atoms with E-state index in [2.05, 4.69) is 15.4 Å². The molecule has 0 saturated carbocycles. The number of rotatable bonds is 7. The van der Waals surface area contributed by atoms with Gasteiger partial charge in [0, 0.05) is 25.1 Å². The SMILES string of the molecule is CC(C)(C)OC(=O)CC[C@@H](CN)Nc1cc(N)n2ncc([N+](=O)[O-])c2n1. The summed E-state index contributed by atoms with van der Waals surface area (Å²) in [5.74, 6) is 0.179. The van der Waals surface area contributed by atoms with E-state index in [1.807, 2.05) is 0 Å². The number of carbonyl (C=O) groups excluding carboxylic acids is 1. The zero-order valence-corrected chi connectivity index (χ0v) is 14.9. The molecule has 0 amide bonds. The monoisotopic (exact) mass is 365 g/mol. The molecule has 0 fully saturated rings. The average molecular weight is 365 g/mol. The molecule has 2 rings (SSSR count). The fraction of sp³-hybridized carbons (Fsp3) is 0.533. The molecular formula is C15H23N7O4. The lowest BCUT2D eigenvalue weighted by atomic mass is 10.1. The highest BCUT2D eigenvalue weighted by Crippen LogP contribution is 2.22. The van der Waals surface area contributed by atoms with E-state index in [9.17, 15) is 14.9 Å². The number of nitrogens with two attached hydrogens (primary N) is 2. The number of nitrogen functional groups attached to an aromatic ring is 1. The Bertz CT molecular complexity index is 812. The first-order valence-electron chi connectivity index (χ1n) is 8.08. The molecule has 11 nitrogen and oxygen atoms in total. The summed E-state index contributed by atoms with van der Waals surface area (Å²) >= 11 is 0. The third kappa shape index (κ3) is 4.79. The van der Waals surface area contributed by atoms with Crippen molar-refractivity contribution in [3.05, 3.63) is 22.4 Å². The van der Waals surface area contributed by atoms with Gasteiger partial charge in [0.15, 0.2) is 0 Å². The van der Waals surface area contributed by atoms with Crippen molar-refractivity contribution in [2.24, 2.45) is 5.73 Å². The van der Waals surface area contributed by atoms with E-state index in [1.165, 1.54) is 10.6 Å². The number of fused-ring (bicyclic) bond motifs is 1. The molecule has 5 N–H and O–H groups in total. The molecule has 0 aliphatic heterocycles. The summed E-state index contributed by atoms with van der Waals surface area (Å²) in [6.07, 6.45) is 1.68. The molecule has 0 aromatic carbocycles. The number of esters is 1. The third-order valence-electron chi connectivity index (χ3n) is 3.43. The van der Waals surface area contributed by atoms with Gasteiger partial charge in [0.1, 0.15) is 23.4 Å². The van der Waals surface area contributed by atoms with E-state index in [-0.39, 0.29) is 42.1 Å². The van der Waals surface area contributed by atoms with Crippen molar-refractivity contribution in [3.63, 3.8) is 0 Å². The summed E-state index contributed by atoms with van der Waals surface area (Å²) in [7, 11) is 0. The number of nitrogens with one attached hydrogen (secondary N) is 1. The van der Waals surface area contributed by atoms with E-state index in [0.717, 1.165) is 6.20 Å². The molecule has 0 radical (unpaired) electrons. The van der Waals surface area contributed by atoms with Gasteiger partial charge in [-0.05, 0) is 27.2 Å². The topological polar surface area (TPSA) is 164 Å². The van der Waals surface area contributed by atoms with Gasteiger partial charge in [-0.25, -0.2) is 4.98 Å². The highest BCUT2D eigenvalue weighted by atomic mass is 16.6. The molecule has 0 spiro atoms. The van der Waals surface area contributed by atoms with Gasteiger partial charge in [-0.1, -0.05) is 0 Å². The van der Waals surface area contributed by atoms with Crippen LogP contribution in [0, 0.1) is 10.1 Å². The van der Waals surface area contributed by atoms with Crippen LogP contribution in [0.3, 0.4) is 0 Å². The van der Waals surface area contributed by atoms with Crippen molar-refractivity contribution in [3.8, 4) is 0 Å². The maximum absolute atomic E-state index is 11.8. The highest BCUT2D eigenvalue weighted by Gasteiger charge is 2.21. The smallest absolute Gasteiger partial charge is 0.333 e. The quantitative estimate of drug-likeness (QED) is 0.370. The van der Waals surface area contributed by atoms with Crippen molar-refractivity contribution >= 4 is 28.9 Å². The predicted octanol–water partition coefficient (Wildman–Crippen LogP) is 1.08. The van der Waals surface area contributed by atoms with Crippen LogP contribution in [0.2, 0.25) is 0 Å². The van der Waals surface area contributed by atoms with E-state index in [1.54, 1.807) is 20.8 Å². The summed E-state index contributed by atoms with van der Waals surface area (Å²) in [6.45, 7) is 5.62. The number of carbonyl (C=O) groups is 1. The number of anilines is 2. The second-order valence-corrected chi connectivity index (χ2v) is 6.79. The van der Waals surface area contributed by atoms with Crippen LogP contribution in [0.5, 0.6) is 0 Å². The third-order valence-corrected chi connectivity index (χ3v) is 3.43. The van der Waals surface area contributed by atoms with Crippen molar-refractivity contribution in [2.75, 3.05) is 17.6 Å². The van der Waals surface area contributed by atoms with Crippen molar-refractivity contribution in [1.29, 1.82) is 0 Å². The van der Waals surface area contributed by atoms with Crippen LogP contribution in [0.15, 0.2) is 12.3 Å². The van der Waals surface area contributed by atoms with Gasteiger partial charge in [0.25, 0.3) is 0 Å². The van der Waals surface area contributed by atoms with E-state index < -0.39 is 10.5 Å². The van der Waals surface area contributed by atoms with E-state index in [0.29, 0.717) is 12.2 Å². The Hall–Kier alpha value is -2.95. The molecule has 1 atom stereocenters. The van der Waals surface area contributed by atoms with Crippen LogP contribution in [-0.4, -0.2) is 43.7 Å². The summed E-state index contributed by atoms with van der Waals surface area (Å²) in [4.78, 5) is 26.5. The highest BCUT2D eigenvalue weighted by molar-refractivity contribution is 5.70. The van der Waals surface area contributed by atoms with Gasteiger partial charge < -0.3 is 21.5 Å². The summed E-state index contributed by atoms with van der Waals surface area (Å²) < 4.78 is 6.44. The van der Waals surface area contributed by atoms with Gasteiger partial charge in [0.2, 0.25) is 5.65 Å². The van der Waals surface area contributed by atoms with Crippen LogP contribution in [0.1, 0.15) is 33.6 Å². The average Bonchev–Trinajstić information content (AvgIpc) is 2.94. The minimum Gasteiger partial charge on any atom is -0.460 e. The summed E-state index contributed by atoms with van der Waals surface area (Å²) in [5.41, 5.74) is 10.8. The lowest BCUT2D eigenvalue weighted by Gasteiger charge is -2.21. The Morgan fingerprint density at radius 2 is 2.19 bits per heavy atom. The number of aromatic nitrogens is 3. The Kier molecular flexibility index (Phi) is 5.60. The number of hydrogen-bond donors (Lipinski definition) is 3. The first kappa shape index (κ1) is 19.4. The standard InChI is InChI=1S/C15H23N7O4/c1-15(2,3)26-13(23)5-4-9(7-16)19-12-6-11(17)21-14(20-12)10(8-18-21)22(24)25/h6,8-9H,4-5,7,16-17H2,1-3H3,(H,19,20)/t9-/m0/s1. The zero-order valence-electron chi connectivity index (χ0n) is 14.9. The first-order chi connectivity index (χ1) is 12.1. The molecule has 26 heavy (non-hydrogen) atoms. The molecule has 11 heteroatoms. The summed E-state index contributed by atoms with van der Waals surface area (Å²) in [5, 5.41) is 17.9. The largest absolute Gasteiger partial charge is 0.460 e. The molecule has 142 valence electrons. The van der Waals surface area contributed by atoms with Crippen molar-refractivity contribution in [1.82, 2.24) is 14.6 Å². The molecule has 0 saturated heterocycles. The van der Waals surface area contributed by atoms with Crippen LogP contribution in [0.25, 0.3) is 5.65 Å². The lowest BCUT2D eigenvalue weighted by Crippen LogP contribution is -2.31. The van der Waals surface area contributed by atoms with Gasteiger partial charge in [0.05, 0.1) is 4.92 Å². The second kappa shape index (κ2) is 7.52. The number of nitrogens with zero attached hydrogens (tertiary/aromatic N) is 4. The van der Waals surface area contributed by atoms with Crippen LogP contribution >= 0.6 is 0 Å². The van der Waals surface area contributed by atoms with Crippen molar-refractivity contribution < 1.29 is 14.5 Å². The zero-order chi connectivity index (χ0) is 19.5. The van der Waals surface area contributed by atoms with Gasteiger partial charge >= 0.3 is 11.7 Å². The lowest BCUT2D eigenvalue weighted by molar-refractivity contribution is -0.383. The van der Waals surface area contributed by atoms with Gasteiger partial charge in [-0.15, -0.1) is 0 Å². The van der Waals surface area contributed by atoms with Crippen LogP contribution in [0.4, 0.5) is 17.3 Å². The van der Waals surface area contributed by atoms with E-state index >= 15 is 0 Å². The normalized spacial score (nSPS) is 12.8. The van der Waals surface area contributed by atoms with Crippen molar-refractivity contribution in [2.45, 2.75) is 45.3 Å². The minimum atomic E-state index is -0.582. The molecule has 0 bridgehead atoms. The molecule has 2 aromatic heterocycles. The maximum atomic E-state index is 11.8. The Morgan fingerprint density at radius 1 is 1.50 bits per heavy atom. The van der Waals surface area contributed by atoms with Gasteiger partial charge in [-0.3, -0.25) is 14.9 Å². The Labute approximate surface area is 149 Å². The number of hydrogen-bond acceptors (Lipinski definition) is 9. The number of nitro groups is 1. The molecule has 2 heterocycles. The fourth-order valence-electron chi connectivity index (χ4n) is 2.32. The molecule has 0 aliphatic rings. The van der Waals surface area contributed by atoms with Crippen LogP contribution in [-0.2, 0) is 9.53 Å². The summed E-state index contributed by atoms with van der Waals surface area (Å²) in [6, 6.07) is 1.22. The fourth-order valence-corrected chi connectivity index (χ4v) is 2.32. The second-order valence-electron chi connectivity index (χ2n) is 6.79. The molecule has 2 aromatic rings. The van der Waals surface area contributed by atoms with E-state index in [4.69, 9.17) is 16.2 Å². The molecular weight excluding hydrogens is 342 g/mol. The Balaban J connectivity index is 2.11. The molecule has 0 unspecified atom stereocenters. The Morgan fingerprint density at radius 3 is 2.77 bits per heavy atom. The first-order valence-corrected chi connectivity index (χ1v) is 8.08. The number of ether oxygens (including phenoxy) is 1.